The number of rotatable bonds is 7. The van der Waals surface area contributed by atoms with Gasteiger partial charge in [-0.05, 0) is 42.0 Å². The van der Waals surface area contributed by atoms with Crippen LogP contribution in [0, 0.1) is 5.82 Å². The summed E-state index contributed by atoms with van der Waals surface area (Å²) in [4.78, 5) is 17.4. The lowest BCUT2D eigenvalue weighted by Crippen LogP contribution is -2.47. The standard InChI is InChI=1S/C27H26FN7O4/c1-38-25(23-15-33(27(36)37)9-10-39-23)21-7-8-34-24(21)26(29-16-31-34)32-20-5-6-22-18(12-20)13-30-35(22)14-17-3-2-4-19(28)11-17/h2-8,11-13,16,23,25H,9-10,14-15H2,1H3,(H,36,37)(H,29,31,32). The van der Waals surface area contributed by atoms with Crippen molar-refractivity contribution in [1.29, 1.82) is 0 Å². The maximum absolute atomic E-state index is 13.6. The monoisotopic (exact) mass is 531 g/mol. The van der Waals surface area contributed by atoms with Crippen molar-refractivity contribution in [2.24, 2.45) is 0 Å². The molecule has 1 aliphatic rings. The second-order valence-electron chi connectivity index (χ2n) is 9.30. The molecule has 11 nitrogen and oxygen atoms in total. The van der Waals surface area contributed by atoms with E-state index in [-0.39, 0.29) is 19.0 Å². The van der Waals surface area contributed by atoms with Crippen LogP contribution in [0.2, 0.25) is 0 Å². The van der Waals surface area contributed by atoms with Gasteiger partial charge in [0.2, 0.25) is 0 Å². The van der Waals surface area contributed by atoms with Gasteiger partial charge >= 0.3 is 6.09 Å². The number of amides is 1. The Bertz CT molecular complexity index is 1650. The van der Waals surface area contributed by atoms with E-state index in [1.807, 2.05) is 35.0 Å². The van der Waals surface area contributed by atoms with E-state index in [9.17, 15) is 14.3 Å². The van der Waals surface area contributed by atoms with Gasteiger partial charge in [0.1, 0.15) is 29.9 Å². The number of ether oxygens (including phenoxy) is 2. The summed E-state index contributed by atoms with van der Waals surface area (Å²) in [7, 11) is 1.57. The third-order valence-corrected chi connectivity index (χ3v) is 6.87. The highest BCUT2D eigenvalue weighted by Crippen LogP contribution is 2.33. The summed E-state index contributed by atoms with van der Waals surface area (Å²) in [5, 5.41) is 22.6. The van der Waals surface area contributed by atoms with Crippen LogP contribution in [0.3, 0.4) is 0 Å². The minimum atomic E-state index is -0.986. The van der Waals surface area contributed by atoms with E-state index >= 15 is 0 Å². The molecule has 2 unspecified atom stereocenters. The Balaban J connectivity index is 1.29. The van der Waals surface area contributed by atoms with Crippen LogP contribution in [0.1, 0.15) is 17.2 Å². The van der Waals surface area contributed by atoms with Gasteiger partial charge in [0.25, 0.3) is 0 Å². The van der Waals surface area contributed by atoms with Gasteiger partial charge in [-0.3, -0.25) is 4.68 Å². The fourth-order valence-corrected chi connectivity index (χ4v) is 5.05. The highest BCUT2D eigenvalue weighted by Gasteiger charge is 2.33. The van der Waals surface area contributed by atoms with Crippen molar-refractivity contribution < 1.29 is 23.8 Å². The molecule has 2 atom stereocenters. The smallest absolute Gasteiger partial charge is 0.407 e. The molecule has 12 heteroatoms. The first-order valence-corrected chi connectivity index (χ1v) is 12.4. The topological polar surface area (TPSA) is 119 Å². The molecule has 0 bridgehead atoms. The number of nitrogens with one attached hydrogen (secondary N) is 1. The zero-order valence-corrected chi connectivity index (χ0v) is 21.1. The summed E-state index contributed by atoms with van der Waals surface area (Å²) in [6, 6.07) is 14.2. The first kappa shape index (κ1) is 24.8. The Morgan fingerprint density at radius 3 is 2.97 bits per heavy atom. The van der Waals surface area contributed by atoms with Gasteiger partial charge in [-0.1, -0.05) is 12.1 Å². The average molecular weight is 532 g/mol. The predicted octanol–water partition coefficient (Wildman–Crippen LogP) is 4.08. The molecule has 2 aromatic carbocycles. The summed E-state index contributed by atoms with van der Waals surface area (Å²) < 4.78 is 28.9. The average Bonchev–Trinajstić information content (AvgIpc) is 3.54. The lowest BCUT2D eigenvalue weighted by atomic mass is 10.0. The number of nitrogens with zero attached hydrogens (tertiary/aromatic N) is 6. The van der Waals surface area contributed by atoms with E-state index in [1.54, 1.807) is 30.1 Å². The molecule has 2 N–H and O–H groups in total. The molecular weight excluding hydrogens is 505 g/mol. The van der Waals surface area contributed by atoms with E-state index in [0.717, 1.165) is 27.7 Å². The summed E-state index contributed by atoms with van der Waals surface area (Å²) in [6.07, 6.45) is 3.03. The highest BCUT2D eigenvalue weighted by molar-refractivity contribution is 5.85. The van der Waals surface area contributed by atoms with Gasteiger partial charge in [-0.25, -0.2) is 18.7 Å². The normalized spacial score (nSPS) is 16.6. The fourth-order valence-electron chi connectivity index (χ4n) is 5.05. The summed E-state index contributed by atoms with van der Waals surface area (Å²) >= 11 is 0. The molecule has 0 radical (unpaired) electrons. The van der Waals surface area contributed by atoms with Gasteiger partial charge < -0.3 is 24.8 Å². The Morgan fingerprint density at radius 2 is 2.15 bits per heavy atom. The largest absolute Gasteiger partial charge is 0.465 e. The summed E-state index contributed by atoms with van der Waals surface area (Å²) in [6.45, 7) is 1.25. The number of aromatic nitrogens is 5. The summed E-state index contributed by atoms with van der Waals surface area (Å²) in [5.74, 6) is 0.283. The molecule has 1 saturated heterocycles. The van der Waals surface area contributed by atoms with Crippen LogP contribution in [-0.4, -0.2) is 73.4 Å². The van der Waals surface area contributed by atoms with Crippen LogP contribution in [0.25, 0.3) is 16.4 Å². The third kappa shape index (κ3) is 4.87. The first-order chi connectivity index (χ1) is 19.0. The lowest BCUT2D eigenvalue weighted by molar-refractivity contribution is -0.0960. The van der Waals surface area contributed by atoms with Crippen molar-refractivity contribution in [3.63, 3.8) is 0 Å². The molecule has 1 amide bonds. The molecule has 0 saturated carbocycles. The molecule has 4 heterocycles. The Morgan fingerprint density at radius 1 is 1.26 bits per heavy atom. The molecule has 1 fully saturated rings. The van der Waals surface area contributed by atoms with Gasteiger partial charge in [0.15, 0.2) is 5.82 Å². The Labute approximate surface area is 222 Å². The fraction of sp³-hybridized carbons (Fsp3) is 0.259. The van der Waals surface area contributed by atoms with E-state index < -0.39 is 18.3 Å². The predicted molar refractivity (Wildman–Crippen MR) is 141 cm³/mol. The zero-order valence-electron chi connectivity index (χ0n) is 21.1. The number of hydrogen-bond donors (Lipinski definition) is 2. The first-order valence-electron chi connectivity index (χ1n) is 12.4. The van der Waals surface area contributed by atoms with Crippen molar-refractivity contribution in [3.05, 3.63) is 84.2 Å². The van der Waals surface area contributed by atoms with Crippen molar-refractivity contribution in [1.82, 2.24) is 29.3 Å². The number of fused-ring (bicyclic) bond motifs is 2. The maximum Gasteiger partial charge on any atom is 0.407 e. The zero-order chi connectivity index (χ0) is 26.9. The molecule has 3 aromatic heterocycles. The molecule has 0 aliphatic carbocycles. The lowest BCUT2D eigenvalue weighted by Gasteiger charge is -2.35. The number of morpholine rings is 1. The number of benzene rings is 2. The Kier molecular flexibility index (Phi) is 6.55. The van der Waals surface area contributed by atoms with Crippen molar-refractivity contribution in [2.45, 2.75) is 18.8 Å². The quantitative estimate of drug-likeness (QED) is 0.323. The minimum Gasteiger partial charge on any atom is -0.465 e. The van der Waals surface area contributed by atoms with Gasteiger partial charge in [-0.2, -0.15) is 10.2 Å². The van der Waals surface area contributed by atoms with Crippen LogP contribution < -0.4 is 5.32 Å². The van der Waals surface area contributed by atoms with Gasteiger partial charge in [0, 0.05) is 36.5 Å². The molecule has 5 aromatic rings. The van der Waals surface area contributed by atoms with Crippen LogP contribution >= 0.6 is 0 Å². The number of hydrogen-bond acceptors (Lipinski definition) is 7. The number of carbonyl (C=O) groups is 1. The Hall–Kier alpha value is -4.55. The number of anilines is 2. The minimum absolute atomic E-state index is 0.192. The second-order valence-corrected chi connectivity index (χ2v) is 9.30. The van der Waals surface area contributed by atoms with Crippen molar-refractivity contribution in [3.8, 4) is 0 Å². The van der Waals surface area contributed by atoms with Crippen LogP contribution in [-0.2, 0) is 16.0 Å². The van der Waals surface area contributed by atoms with E-state index in [4.69, 9.17) is 9.47 Å². The molecular formula is C27H26FN7O4. The van der Waals surface area contributed by atoms with E-state index in [0.29, 0.717) is 24.4 Å². The SMILES string of the molecule is COC(c1ccn2ncnc(Nc3ccc4c(cnn4Cc4cccc(F)c4)c3)c12)C1CN(C(=O)O)CCO1. The third-order valence-electron chi connectivity index (χ3n) is 6.87. The van der Waals surface area contributed by atoms with Crippen molar-refractivity contribution >= 4 is 34.0 Å². The number of methoxy groups -OCH3 is 1. The van der Waals surface area contributed by atoms with Crippen LogP contribution in [0.15, 0.2) is 67.3 Å². The van der Waals surface area contributed by atoms with Gasteiger partial charge in [0.05, 0.1) is 31.4 Å². The molecule has 39 heavy (non-hydrogen) atoms. The van der Waals surface area contributed by atoms with Crippen LogP contribution in [0.4, 0.5) is 20.7 Å². The second kappa shape index (κ2) is 10.3. The molecule has 0 spiro atoms. The summed E-state index contributed by atoms with van der Waals surface area (Å²) in [5.41, 5.74) is 4.01. The molecule has 200 valence electrons. The number of halogens is 1. The van der Waals surface area contributed by atoms with E-state index in [2.05, 4.69) is 20.5 Å². The van der Waals surface area contributed by atoms with Crippen molar-refractivity contribution in [2.75, 3.05) is 32.1 Å². The van der Waals surface area contributed by atoms with E-state index in [1.165, 1.54) is 23.4 Å². The maximum atomic E-state index is 13.6. The van der Waals surface area contributed by atoms with Gasteiger partial charge in [-0.15, -0.1) is 0 Å². The number of carboxylic acid groups (broad SMARTS) is 1. The highest BCUT2D eigenvalue weighted by atomic mass is 19.1. The molecule has 6 rings (SSSR count). The van der Waals surface area contributed by atoms with Crippen LogP contribution in [0.5, 0.6) is 0 Å². The molecule has 1 aliphatic heterocycles.